The fourth-order valence-electron chi connectivity index (χ4n) is 1.86. The number of hydrogen-bond acceptors (Lipinski definition) is 1. The highest BCUT2D eigenvalue weighted by Gasteiger charge is 2.23. The van der Waals surface area contributed by atoms with Gasteiger partial charge in [0.2, 0.25) is 0 Å². The Balaban J connectivity index is 3.45. The molecular formula is C11H16N2. The van der Waals surface area contributed by atoms with E-state index in [9.17, 15) is 0 Å². The van der Waals surface area contributed by atoms with Crippen LogP contribution in [0.1, 0.15) is 37.6 Å². The molecule has 0 spiro atoms. The molecule has 0 saturated carbocycles. The zero-order valence-corrected chi connectivity index (χ0v) is 8.97. The molecule has 0 aliphatic carbocycles. The molecule has 1 aromatic rings. The third-order valence-corrected chi connectivity index (χ3v) is 2.23. The van der Waals surface area contributed by atoms with Crippen LogP contribution in [0.3, 0.4) is 0 Å². The van der Waals surface area contributed by atoms with Crippen LogP contribution in [0.25, 0.3) is 0 Å². The Morgan fingerprint density at radius 2 is 1.92 bits per heavy atom. The molecule has 0 aromatic carbocycles. The van der Waals surface area contributed by atoms with E-state index < -0.39 is 0 Å². The van der Waals surface area contributed by atoms with Gasteiger partial charge in [0, 0.05) is 13.2 Å². The molecule has 0 amide bonds. The van der Waals surface area contributed by atoms with Gasteiger partial charge in [-0.15, -0.1) is 0 Å². The molecule has 0 N–H and O–H groups in total. The van der Waals surface area contributed by atoms with Gasteiger partial charge in [-0.1, -0.05) is 20.8 Å². The van der Waals surface area contributed by atoms with Crippen LogP contribution in [0.2, 0.25) is 0 Å². The van der Waals surface area contributed by atoms with Crippen LogP contribution in [-0.2, 0) is 12.5 Å². The minimum Gasteiger partial charge on any atom is -0.342 e. The van der Waals surface area contributed by atoms with Crippen molar-refractivity contribution in [2.24, 2.45) is 7.05 Å². The first-order chi connectivity index (χ1) is 5.88. The van der Waals surface area contributed by atoms with E-state index in [1.165, 1.54) is 5.56 Å². The second-order valence-electron chi connectivity index (χ2n) is 4.51. The van der Waals surface area contributed by atoms with Gasteiger partial charge in [0.1, 0.15) is 11.8 Å². The Morgan fingerprint density at radius 3 is 2.23 bits per heavy atom. The third-order valence-electron chi connectivity index (χ3n) is 2.23. The van der Waals surface area contributed by atoms with Crippen molar-refractivity contribution in [3.8, 4) is 6.07 Å². The van der Waals surface area contributed by atoms with Gasteiger partial charge in [0.25, 0.3) is 0 Å². The summed E-state index contributed by atoms with van der Waals surface area (Å²) in [5.41, 5.74) is 3.20. The van der Waals surface area contributed by atoms with Gasteiger partial charge in [-0.25, -0.2) is 0 Å². The predicted molar refractivity (Wildman–Crippen MR) is 53.6 cm³/mol. The maximum absolute atomic E-state index is 9.01. The van der Waals surface area contributed by atoms with Crippen molar-refractivity contribution in [2.45, 2.75) is 33.1 Å². The lowest BCUT2D eigenvalue weighted by Crippen LogP contribution is -2.14. The van der Waals surface area contributed by atoms with E-state index in [2.05, 4.69) is 33.8 Å². The first-order valence-corrected chi connectivity index (χ1v) is 4.44. The molecule has 0 aliphatic heterocycles. The summed E-state index contributed by atoms with van der Waals surface area (Å²) in [5, 5.41) is 9.01. The van der Waals surface area contributed by atoms with E-state index in [-0.39, 0.29) is 5.41 Å². The Hall–Kier alpha value is -1.23. The van der Waals surface area contributed by atoms with Crippen LogP contribution in [-0.4, -0.2) is 4.57 Å². The topological polar surface area (TPSA) is 28.7 Å². The predicted octanol–water partition coefficient (Wildman–Crippen LogP) is 2.50. The van der Waals surface area contributed by atoms with Crippen LogP contribution in [0, 0.1) is 18.3 Å². The number of nitriles is 1. The fraction of sp³-hybridized carbons (Fsp3) is 0.545. The van der Waals surface area contributed by atoms with E-state index in [1.807, 2.05) is 17.8 Å². The van der Waals surface area contributed by atoms with Crippen LogP contribution in [0.4, 0.5) is 0 Å². The zero-order valence-electron chi connectivity index (χ0n) is 8.97. The minimum atomic E-state index is 0.0520. The molecule has 1 aromatic heterocycles. The summed E-state index contributed by atoms with van der Waals surface area (Å²) < 4.78 is 1.90. The highest BCUT2D eigenvalue weighted by Crippen LogP contribution is 2.29. The summed E-state index contributed by atoms with van der Waals surface area (Å²) in [6.07, 6.45) is 2.01. The molecule has 2 heteroatoms. The van der Waals surface area contributed by atoms with E-state index in [1.54, 1.807) is 0 Å². The molecule has 0 aliphatic rings. The average Bonchev–Trinajstić information content (AvgIpc) is 2.23. The molecule has 0 fully saturated rings. The molecule has 0 unspecified atom stereocenters. The van der Waals surface area contributed by atoms with Crippen molar-refractivity contribution in [3.05, 3.63) is 23.0 Å². The summed E-state index contributed by atoms with van der Waals surface area (Å²) in [5.74, 6) is 0. The highest BCUT2D eigenvalue weighted by atomic mass is 14.9. The van der Waals surface area contributed by atoms with Crippen molar-refractivity contribution in [3.63, 3.8) is 0 Å². The summed E-state index contributed by atoms with van der Waals surface area (Å²) in [4.78, 5) is 0. The molecule has 0 atom stereocenters. The molecule has 2 nitrogen and oxygen atoms in total. The number of aromatic nitrogens is 1. The van der Waals surface area contributed by atoms with Gasteiger partial charge < -0.3 is 4.57 Å². The molecule has 70 valence electrons. The minimum absolute atomic E-state index is 0.0520. The van der Waals surface area contributed by atoms with E-state index >= 15 is 0 Å². The summed E-state index contributed by atoms with van der Waals surface area (Å²) in [7, 11) is 1.92. The highest BCUT2D eigenvalue weighted by molar-refractivity contribution is 5.43. The Morgan fingerprint density at radius 1 is 1.38 bits per heavy atom. The van der Waals surface area contributed by atoms with Gasteiger partial charge in [-0.2, -0.15) is 5.26 Å². The van der Waals surface area contributed by atoms with Gasteiger partial charge in [0.15, 0.2) is 0 Å². The lowest BCUT2D eigenvalue weighted by Gasteiger charge is -2.19. The lowest BCUT2D eigenvalue weighted by molar-refractivity contribution is 0.583. The maximum Gasteiger partial charge on any atom is 0.123 e. The summed E-state index contributed by atoms with van der Waals surface area (Å²) >= 11 is 0. The van der Waals surface area contributed by atoms with Crippen molar-refractivity contribution in [1.82, 2.24) is 4.57 Å². The van der Waals surface area contributed by atoms with Gasteiger partial charge >= 0.3 is 0 Å². The van der Waals surface area contributed by atoms with Crippen molar-refractivity contribution in [2.75, 3.05) is 0 Å². The second kappa shape index (κ2) is 2.92. The number of rotatable bonds is 0. The number of nitrogens with zero attached hydrogens (tertiary/aromatic N) is 2. The number of aryl methyl sites for hydroxylation is 2. The standard InChI is InChI=1S/C11H16N2/c1-8-7-13(5)9(6-12)10(8)11(2,3)4/h7H,1-5H3. The molecule has 0 bridgehead atoms. The summed E-state index contributed by atoms with van der Waals surface area (Å²) in [6, 6.07) is 2.25. The van der Waals surface area contributed by atoms with Crippen LogP contribution in [0.15, 0.2) is 6.20 Å². The lowest BCUT2D eigenvalue weighted by atomic mass is 9.85. The molecular weight excluding hydrogens is 160 g/mol. The Bertz CT molecular complexity index is 359. The van der Waals surface area contributed by atoms with Crippen LogP contribution >= 0.6 is 0 Å². The Labute approximate surface area is 79.8 Å². The van der Waals surface area contributed by atoms with Crippen LogP contribution in [0.5, 0.6) is 0 Å². The van der Waals surface area contributed by atoms with E-state index in [4.69, 9.17) is 5.26 Å². The molecule has 1 rings (SSSR count). The smallest absolute Gasteiger partial charge is 0.123 e. The monoisotopic (exact) mass is 176 g/mol. The SMILES string of the molecule is Cc1cn(C)c(C#N)c1C(C)(C)C. The first-order valence-electron chi connectivity index (χ1n) is 4.44. The summed E-state index contributed by atoms with van der Waals surface area (Å²) in [6.45, 7) is 8.46. The maximum atomic E-state index is 9.01. The fourth-order valence-corrected chi connectivity index (χ4v) is 1.86. The zero-order chi connectivity index (χ0) is 10.2. The van der Waals surface area contributed by atoms with E-state index in [0.29, 0.717) is 0 Å². The normalized spacial score (nSPS) is 11.4. The van der Waals surface area contributed by atoms with Gasteiger partial charge in [-0.3, -0.25) is 0 Å². The quantitative estimate of drug-likeness (QED) is 0.597. The largest absolute Gasteiger partial charge is 0.342 e. The van der Waals surface area contributed by atoms with Gasteiger partial charge in [-0.05, 0) is 23.5 Å². The Kier molecular flexibility index (Phi) is 2.21. The van der Waals surface area contributed by atoms with Crippen LogP contribution < -0.4 is 0 Å². The van der Waals surface area contributed by atoms with Gasteiger partial charge in [0.05, 0.1) is 0 Å². The van der Waals surface area contributed by atoms with Crippen molar-refractivity contribution in [1.29, 1.82) is 5.26 Å². The third kappa shape index (κ3) is 1.60. The average molecular weight is 176 g/mol. The second-order valence-corrected chi connectivity index (χ2v) is 4.51. The molecule has 1 heterocycles. The van der Waals surface area contributed by atoms with Crippen molar-refractivity contribution >= 4 is 0 Å². The van der Waals surface area contributed by atoms with E-state index in [0.717, 1.165) is 11.3 Å². The molecule has 0 saturated heterocycles. The molecule has 13 heavy (non-hydrogen) atoms. The number of hydrogen-bond donors (Lipinski definition) is 0. The van der Waals surface area contributed by atoms with Crippen molar-refractivity contribution < 1.29 is 0 Å². The molecule has 0 radical (unpaired) electrons. The first kappa shape index (κ1) is 9.85.